The molecular formula is C22H24BNO2. The molecule has 132 valence electrons. The first-order valence-corrected chi connectivity index (χ1v) is 9.40. The maximum Gasteiger partial charge on any atom is 0.335 e. The third-order valence-electron chi connectivity index (χ3n) is 5.91. The van der Waals surface area contributed by atoms with E-state index in [1.165, 1.54) is 27.7 Å². The Bertz CT molecular complexity index is 905. The molecule has 3 N–H and O–H groups in total. The molecule has 4 heteroatoms. The Labute approximate surface area is 155 Å². The minimum absolute atomic E-state index is 0.265. The smallest absolute Gasteiger partial charge is 0.335 e. The van der Waals surface area contributed by atoms with Crippen LogP contribution in [0.5, 0.6) is 0 Å². The van der Waals surface area contributed by atoms with E-state index >= 15 is 0 Å². The minimum Gasteiger partial charge on any atom is -0.478 e. The monoisotopic (exact) mass is 345 g/mol. The summed E-state index contributed by atoms with van der Waals surface area (Å²) in [6.07, 6.45) is 12.0. The number of carboxylic acids is 1. The molecule has 2 atom stereocenters. The van der Waals surface area contributed by atoms with Crippen molar-refractivity contribution < 1.29 is 9.90 Å². The van der Waals surface area contributed by atoms with Crippen LogP contribution in [0.25, 0.3) is 5.57 Å². The van der Waals surface area contributed by atoms with Crippen molar-refractivity contribution in [2.45, 2.75) is 38.4 Å². The largest absolute Gasteiger partial charge is 0.478 e. The quantitative estimate of drug-likeness (QED) is 0.650. The summed E-state index contributed by atoms with van der Waals surface area (Å²) >= 11 is 0. The normalized spacial score (nSPS) is 23.6. The Morgan fingerprint density at radius 2 is 2.08 bits per heavy atom. The Hall–Kier alpha value is -2.49. The van der Waals surface area contributed by atoms with Gasteiger partial charge in [0.25, 0.3) is 0 Å². The molecule has 0 bridgehead atoms. The van der Waals surface area contributed by atoms with Gasteiger partial charge in [-0.2, -0.15) is 0 Å². The second kappa shape index (κ2) is 6.35. The Balaban J connectivity index is 1.66. The van der Waals surface area contributed by atoms with Gasteiger partial charge in [0.2, 0.25) is 0 Å². The number of aliphatic carboxylic acids is 1. The van der Waals surface area contributed by atoms with Crippen LogP contribution in [0.4, 0.5) is 5.69 Å². The maximum atomic E-state index is 11.1. The van der Waals surface area contributed by atoms with Crippen LogP contribution < -0.4 is 11.2 Å². The third-order valence-corrected chi connectivity index (χ3v) is 5.91. The molecule has 0 amide bonds. The van der Waals surface area contributed by atoms with Crippen LogP contribution in [0.1, 0.15) is 43.7 Å². The average Bonchev–Trinajstić information content (AvgIpc) is 3.00. The zero-order chi connectivity index (χ0) is 18.4. The first-order chi connectivity index (χ1) is 12.4. The van der Waals surface area contributed by atoms with Crippen molar-refractivity contribution in [1.82, 2.24) is 0 Å². The number of hydrogen-bond acceptors (Lipinski definition) is 2. The fourth-order valence-corrected chi connectivity index (χ4v) is 4.32. The Morgan fingerprint density at radius 1 is 1.27 bits per heavy atom. The van der Waals surface area contributed by atoms with Gasteiger partial charge in [-0.05, 0) is 52.9 Å². The highest BCUT2D eigenvalue weighted by Crippen LogP contribution is 2.43. The number of nitrogens with two attached hydrogens (primary N) is 1. The van der Waals surface area contributed by atoms with E-state index in [2.05, 4.69) is 38.1 Å². The van der Waals surface area contributed by atoms with E-state index in [1.807, 2.05) is 12.2 Å². The molecule has 0 aromatic heterocycles. The number of anilines is 1. The molecule has 2 aliphatic carbocycles. The summed E-state index contributed by atoms with van der Waals surface area (Å²) in [4.78, 5) is 11.1. The minimum atomic E-state index is -0.850. The van der Waals surface area contributed by atoms with Gasteiger partial charge in [0.15, 0.2) is 7.28 Å². The lowest BCUT2D eigenvalue weighted by atomic mass is 9.60. The van der Waals surface area contributed by atoms with Crippen molar-refractivity contribution in [3.05, 3.63) is 64.8 Å². The molecule has 0 fully saturated rings. The molecule has 1 aromatic carbocycles. The van der Waals surface area contributed by atoms with Crippen molar-refractivity contribution in [1.29, 1.82) is 0 Å². The molecule has 0 spiro atoms. The maximum absolute atomic E-state index is 11.1. The molecule has 2 unspecified atom stereocenters. The number of hydrogen-bond donors (Lipinski definition) is 2. The fourth-order valence-electron chi connectivity index (χ4n) is 4.32. The van der Waals surface area contributed by atoms with Crippen LogP contribution in [0.2, 0.25) is 5.82 Å². The predicted molar refractivity (Wildman–Crippen MR) is 109 cm³/mol. The van der Waals surface area contributed by atoms with Crippen molar-refractivity contribution in [2.24, 2.45) is 5.92 Å². The number of nitrogen functional groups attached to an aromatic ring is 1. The van der Waals surface area contributed by atoms with Crippen LogP contribution in [0.3, 0.4) is 0 Å². The van der Waals surface area contributed by atoms with E-state index in [9.17, 15) is 4.79 Å². The van der Waals surface area contributed by atoms with Gasteiger partial charge in [0.1, 0.15) is 0 Å². The molecule has 0 saturated heterocycles. The topological polar surface area (TPSA) is 63.3 Å². The van der Waals surface area contributed by atoms with Gasteiger partial charge in [-0.1, -0.05) is 55.8 Å². The van der Waals surface area contributed by atoms with E-state index < -0.39 is 5.97 Å². The van der Waals surface area contributed by atoms with Crippen molar-refractivity contribution in [3.63, 3.8) is 0 Å². The molecule has 1 aliphatic heterocycles. The fraction of sp³-hybridized carbons (Fsp3) is 0.318. The molecule has 26 heavy (non-hydrogen) atoms. The zero-order valence-corrected chi connectivity index (χ0v) is 15.3. The summed E-state index contributed by atoms with van der Waals surface area (Å²) in [6, 6.07) is 4.46. The average molecular weight is 345 g/mol. The molecule has 0 saturated carbocycles. The van der Waals surface area contributed by atoms with E-state index in [-0.39, 0.29) is 5.92 Å². The third kappa shape index (κ3) is 2.84. The number of allylic oxidation sites excluding steroid dienone is 6. The van der Waals surface area contributed by atoms with E-state index in [0.29, 0.717) is 17.3 Å². The lowest BCUT2D eigenvalue weighted by Crippen LogP contribution is -2.18. The highest BCUT2D eigenvalue weighted by Gasteiger charge is 2.32. The Kier molecular flexibility index (Phi) is 4.14. The van der Waals surface area contributed by atoms with Gasteiger partial charge in [-0.25, -0.2) is 4.79 Å². The van der Waals surface area contributed by atoms with E-state index in [0.717, 1.165) is 25.8 Å². The molecular weight excluding hydrogens is 321 g/mol. The van der Waals surface area contributed by atoms with Crippen LogP contribution in [0.15, 0.2) is 53.7 Å². The van der Waals surface area contributed by atoms with Gasteiger partial charge in [0, 0.05) is 11.6 Å². The van der Waals surface area contributed by atoms with Crippen LogP contribution in [0, 0.1) is 5.92 Å². The lowest BCUT2D eigenvalue weighted by molar-refractivity contribution is -0.132. The molecule has 3 aliphatic rings. The van der Waals surface area contributed by atoms with Gasteiger partial charge in [0.05, 0.1) is 5.57 Å². The van der Waals surface area contributed by atoms with Gasteiger partial charge in [-0.15, -0.1) is 0 Å². The number of carboxylic acid groups (broad SMARTS) is 1. The van der Waals surface area contributed by atoms with Crippen molar-refractivity contribution in [3.8, 4) is 0 Å². The summed E-state index contributed by atoms with van der Waals surface area (Å²) < 4.78 is 0. The summed E-state index contributed by atoms with van der Waals surface area (Å²) in [5.74, 6) is 0.399. The lowest BCUT2D eigenvalue weighted by Gasteiger charge is -2.23. The number of carbonyl (C=O) groups is 1. The summed E-state index contributed by atoms with van der Waals surface area (Å²) in [5, 5.41) is 9.11. The molecule has 0 radical (unpaired) electrons. The predicted octanol–water partition coefficient (Wildman–Crippen LogP) is 3.56. The van der Waals surface area contributed by atoms with Crippen molar-refractivity contribution in [2.75, 3.05) is 5.73 Å². The Morgan fingerprint density at radius 3 is 2.73 bits per heavy atom. The summed E-state index contributed by atoms with van der Waals surface area (Å²) in [5.41, 5.74) is 14.3. The molecule has 3 nitrogen and oxygen atoms in total. The van der Waals surface area contributed by atoms with Crippen LogP contribution >= 0.6 is 0 Å². The second-order valence-corrected chi connectivity index (χ2v) is 7.90. The van der Waals surface area contributed by atoms with E-state index in [4.69, 9.17) is 10.8 Å². The van der Waals surface area contributed by atoms with Gasteiger partial charge < -0.3 is 10.8 Å². The first-order valence-electron chi connectivity index (χ1n) is 9.40. The van der Waals surface area contributed by atoms with Gasteiger partial charge >= 0.3 is 5.97 Å². The standard InChI is InChI=1S/C22H24BNO2/c1-12(2)16-10-18-17-9-15(13-3-5-14(6-4-13)22(25)26)7-8-19(17)23-21(18)20(24)11-16/h3,5-7,9-13,19,23H,4,8,24H2,1-2H3,(H,25,26). The number of benzene rings is 1. The van der Waals surface area contributed by atoms with Crippen LogP contribution in [-0.2, 0) is 4.79 Å². The van der Waals surface area contributed by atoms with Gasteiger partial charge in [-0.3, -0.25) is 0 Å². The highest BCUT2D eigenvalue weighted by atomic mass is 16.4. The molecule has 1 heterocycles. The number of rotatable bonds is 3. The second-order valence-electron chi connectivity index (χ2n) is 7.90. The molecule has 1 aromatic rings. The summed E-state index contributed by atoms with van der Waals surface area (Å²) in [6.45, 7) is 4.40. The summed E-state index contributed by atoms with van der Waals surface area (Å²) in [7, 11) is 1.03. The number of fused-ring (bicyclic) bond motifs is 3. The van der Waals surface area contributed by atoms with Crippen LogP contribution in [-0.4, -0.2) is 18.4 Å². The van der Waals surface area contributed by atoms with Crippen molar-refractivity contribution >= 4 is 30.0 Å². The van der Waals surface area contributed by atoms with E-state index in [1.54, 1.807) is 6.08 Å². The zero-order valence-electron chi connectivity index (χ0n) is 15.3. The first kappa shape index (κ1) is 17.0. The molecule has 4 rings (SSSR count). The SMILES string of the molecule is CC(C)c1cc(N)c2c(c1)C1=CC(C3C=CC(C(=O)O)=CC3)=CCC1B2. The highest BCUT2D eigenvalue weighted by molar-refractivity contribution is 6.64.